The number of aryl methyl sites for hydroxylation is 5. The zero-order valence-corrected chi connectivity index (χ0v) is 65.7. The Labute approximate surface area is 637 Å². The molecule has 0 atom stereocenters. The Hall–Kier alpha value is -8.72. The number of para-hydroxylation sites is 2. The van der Waals surface area contributed by atoms with E-state index >= 15 is 0 Å². The van der Waals surface area contributed by atoms with Crippen molar-refractivity contribution in [2.24, 2.45) is 14.1 Å². The van der Waals surface area contributed by atoms with E-state index in [0.29, 0.717) is 50.9 Å². The maximum atomic E-state index is 12.0. The van der Waals surface area contributed by atoms with Crippen LogP contribution in [0.4, 0.5) is 22.7 Å². The SMILES string of the molecule is CC[NH+](CC)CC.Cc1ccc2c(C)c3ccc(S(=O)(=O)[O-])cc3[n+](C)c2c1.Cc1ccc2c(c1)N(C)c1cc(S(=O)(=O)O)ccc1C2=CC=C1CCCC(C=Cc2c3ccc(S(=O)(=O)O)cc3[n+](C)c3cc(S(=O)(=O)O)ccc23)=C1Cl.ClC1=C(C=[NH+]c2ccccc2)CCC/C1=C\Nc1ccccc1.[Cl-]. The van der Waals surface area contributed by atoms with Crippen molar-refractivity contribution in [1.29, 1.82) is 0 Å². The van der Waals surface area contributed by atoms with Crippen molar-refractivity contribution < 1.29 is 83.3 Å². The summed E-state index contributed by atoms with van der Waals surface area (Å²) in [7, 11) is -12.6. The van der Waals surface area contributed by atoms with Gasteiger partial charge in [0, 0.05) is 99.1 Å². The van der Waals surface area contributed by atoms with E-state index in [1.165, 1.54) is 68.2 Å². The molecule has 106 heavy (non-hydrogen) atoms. The molecule has 0 saturated heterocycles. The molecule has 3 aliphatic rings. The van der Waals surface area contributed by atoms with Crippen LogP contribution in [0.1, 0.15) is 92.7 Å². The zero-order chi connectivity index (χ0) is 75.9. The van der Waals surface area contributed by atoms with Crippen molar-refractivity contribution in [3.63, 3.8) is 0 Å². The van der Waals surface area contributed by atoms with Crippen LogP contribution in [0, 0.1) is 20.8 Å². The minimum Gasteiger partial charge on any atom is -1.00 e. The number of allylic oxidation sites excluding steroid dienone is 9. The molecule has 0 saturated carbocycles. The molecule has 0 spiro atoms. The Morgan fingerprint density at radius 2 is 0.972 bits per heavy atom. The normalized spacial score (nSPS) is 15.4. The van der Waals surface area contributed by atoms with Crippen LogP contribution in [0.25, 0.3) is 55.3 Å². The molecule has 2 aliphatic carbocycles. The van der Waals surface area contributed by atoms with Crippen LogP contribution in [0.2, 0.25) is 0 Å². The summed E-state index contributed by atoms with van der Waals surface area (Å²) in [6, 6.07) is 49.8. The number of nitrogens with one attached hydrogen (secondary N) is 3. The quantitative estimate of drug-likeness (QED) is 0.0256. The summed E-state index contributed by atoms with van der Waals surface area (Å²) in [6.07, 6.45) is 16.9. The fraction of sp³-hybridized carbons (Fsp3) is 0.222. The highest BCUT2D eigenvalue weighted by Crippen LogP contribution is 2.46. The van der Waals surface area contributed by atoms with Crippen LogP contribution in [0.3, 0.4) is 0 Å². The van der Waals surface area contributed by atoms with E-state index in [9.17, 15) is 51.9 Å². The summed E-state index contributed by atoms with van der Waals surface area (Å²) in [6.45, 7) is 16.5. The van der Waals surface area contributed by atoms with Crippen molar-refractivity contribution in [2.45, 2.75) is 99.6 Å². The smallest absolute Gasteiger partial charge is 0.294 e. The van der Waals surface area contributed by atoms with Gasteiger partial charge in [0.15, 0.2) is 6.21 Å². The van der Waals surface area contributed by atoms with Gasteiger partial charge in [-0.1, -0.05) is 108 Å². The predicted octanol–water partition coefficient (Wildman–Crippen LogP) is 11.1. The Balaban J connectivity index is 0.000000204. The number of halogens is 3. The Morgan fingerprint density at radius 1 is 0.528 bits per heavy atom. The third-order valence-corrected chi connectivity index (χ3v) is 23.5. The van der Waals surface area contributed by atoms with Crippen LogP contribution in [0.15, 0.2) is 246 Å². The van der Waals surface area contributed by atoms with Gasteiger partial charge in [0.1, 0.15) is 34.0 Å². The van der Waals surface area contributed by atoms with Gasteiger partial charge < -0.3 is 32.1 Å². The van der Waals surface area contributed by atoms with Crippen molar-refractivity contribution in [3.8, 4) is 0 Å². The Kier molecular flexibility index (Phi) is 26.4. The first kappa shape index (κ1) is 81.4. The topological polar surface area (TPSA) is 262 Å². The molecule has 0 fully saturated rings. The zero-order valence-electron chi connectivity index (χ0n) is 60.1. The van der Waals surface area contributed by atoms with E-state index in [0.717, 1.165) is 125 Å². The Morgan fingerprint density at radius 3 is 1.53 bits per heavy atom. The van der Waals surface area contributed by atoms with Crippen molar-refractivity contribution in [2.75, 3.05) is 36.9 Å². The molecular weight excluding hydrogens is 1480 g/mol. The summed E-state index contributed by atoms with van der Waals surface area (Å²) in [5, 5.41) is 8.02. The van der Waals surface area contributed by atoms with Gasteiger partial charge in [0.05, 0.1) is 50.9 Å². The molecule has 3 heterocycles. The second-order valence-electron chi connectivity index (χ2n) is 26.0. The number of quaternary nitrogens is 1. The fourth-order valence-electron chi connectivity index (χ4n) is 13.3. The van der Waals surface area contributed by atoms with Gasteiger partial charge in [-0.3, -0.25) is 13.7 Å². The summed E-state index contributed by atoms with van der Waals surface area (Å²) in [4.78, 5) is 5.83. The van der Waals surface area contributed by atoms with E-state index in [-0.39, 0.29) is 32.0 Å². The first-order valence-electron chi connectivity index (χ1n) is 34.2. The van der Waals surface area contributed by atoms with Crippen LogP contribution in [0.5, 0.6) is 0 Å². The van der Waals surface area contributed by atoms with E-state index in [1.54, 1.807) is 40.8 Å². The number of anilines is 3. The molecule has 0 amide bonds. The Bertz CT molecular complexity index is 5670. The number of hydrogen-bond acceptors (Lipinski definition) is 11. The van der Waals surface area contributed by atoms with Crippen molar-refractivity contribution in [3.05, 3.63) is 260 Å². The van der Waals surface area contributed by atoms with E-state index < -0.39 is 40.5 Å². The van der Waals surface area contributed by atoms with Gasteiger partial charge in [0.2, 0.25) is 27.8 Å². The number of fused-ring (bicyclic) bond motifs is 6. The highest BCUT2D eigenvalue weighted by Gasteiger charge is 2.28. The molecule has 0 bridgehead atoms. The van der Waals surface area contributed by atoms with E-state index in [1.807, 2.05) is 160 Å². The summed E-state index contributed by atoms with van der Waals surface area (Å²) in [5.41, 5.74) is 16.6. The van der Waals surface area contributed by atoms with E-state index in [4.69, 9.17) is 23.2 Å². The first-order valence-corrected chi connectivity index (χ1v) is 40.7. The molecule has 0 unspecified atom stereocenters. The lowest BCUT2D eigenvalue weighted by molar-refractivity contribution is -0.894. The number of rotatable bonds is 14. The fourth-order valence-corrected chi connectivity index (χ4v) is 15.9. The van der Waals surface area contributed by atoms with Crippen LogP contribution in [-0.4, -0.2) is 84.8 Å². The number of hydrogen-bond donors (Lipinski definition) is 6. The minimum absolute atomic E-state index is 0. The lowest BCUT2D eigenvalue weighted by Gasteiger charge is -2.32. The van der Waals surface area contributed by atoms with Gasteiger partial charge in [-0.15, -0.1) is 0 Å². The lowest BCUT2D eigenvalue weighted by atomic mass is 9.88. The summed E-state index contributed by atoms with van der Waals surface area (Å²) >= 11 is 13.7. The maximum Gasteiger partial charge on any atom is 0.294 e. The van der Waals surface area contributed by atoms with E-state index in [2.05, 4.69) is 49.3 Å². The van der Waals surface area contributed by atoms with Crippen LogP contribution < -0.4 is 41.7 Å². The van der Waals surface area contributed by atoms with Gasteiger partial charge >= 0.3 is 0 Å². The second kappa shape index (κ2) is 34.5. The van der Waals surface area contributed by atoms with Crippen molar-refractivity contribution in [1.82, 2.24) is 0 Å². The second-order valence-corrected chi connectivity index (χ2v) is 32.4. The molecule has 25 heteroatoms. The maximum absolute atomic E-state index is 12.0. The average molecular weight is 1570 g/mol. The summed E-state index contributed by atoms with van der Waals surface area (Å²) < 4.78 is 139. The number of nitrogens with zero attached hydrogens (tertiary/aromatic N) is 3. The lowest BCUT2D eigenvalue weighted by Crippen LogP contribution is -3.11. The van der Waals surface area contributed by atoms with Gasteiger partial charge in [0.25, 0.3) is 30.4 Å². The molecule has 18 nitrogen and oxygen atoms in total. The molecular formula is C81H85Cl3N6O12S4+2. The predicted molar refractivity (Wildman–Crippen MR) is 419 cm³/mol. The molecule has 13 rings (SSSR count). The molecule has 2 aromatic heterocycles. The molecule has 1 aliphatic heterocycles. The molecule has 8 aromatic carbocycles. The van der Waals surface area contributed by atoms with Crippen molar-refractivity contribution >= 4 is 148 Å². The van der Waals surface area contributed by atoms with Gasteiger partial charge in [-0.05, 0) is 192 Å². The third-order valence-electron chi connectivity index (χ3n) is 19.2. The number of pyridine rings is 2. The van der Waals surface area contributed by atoms with Gasteiger partial charge in [-0.2, -0.15) is 34.4 Å². The minimum atomic E-state index is -4.55. The molecule has 10 aromatic rings. The summed E-state index contributed by atoms with van der Waals surface area (Å²) in [5.74, 6) is 0. The number of aromatic nitrogens is 2. The highest BCUT2D eigenvalue weighted by molar-refractivity contribution is 7.86. The average Bonchev–Trinajstić information content (AvgIpc) is 0.757. The number of benzene rings is 8. The van der Waals surface area contributed by atoms with Crippen LogP contribution >= 0.6 is 23.2 Å². The largest absolute Gasteiger partial charge is 1.00 e. The standard InChI is InChI=1S/C39H33ClN2O9S3.C20H19ClN2.C16H15NO3S.C6H15N.ClH/c1-23-7-13-31-29(32-16-10-26(52(43,44)45)20-36(32)41(2)35(31)19-23)14-8-24-5-4-6-25(39(24)40)9-15-30-33-17-11-27(53(46,47)48)21-37(33)42(3)38-22-28(54(49,50)51)12-18-34(30)38;21-20-16(14-22-18-10-3-1-4-11-18)8-7-9-17(20)15-23-19-12-5-2-6-13-19;1-10-4-6-13-11(2)14-7-5-12(21(18,19)20)9-16(14)17(3)15(13)8-10;1-4-7(5-2)6-3;/h7-22H,4-6H2,1-3H3,(H2-,43,44,45,46,47,48,49,50,51);1-6,10-15,22H,7-9H2;4-9H,1-3H3;4-6H2,1-3H3;1H/p+2/b;16-14+,23-15?;;;. The molecule has 6 N–H and O–H groups in total. The van der Waals surface area contributed by atoms with Gasteiger partial charge in [-0.25, -0.2) is 13.4 Å². The monoisotopic (exact) mass is 1570 g/mol. The van der Waals surface area contributed by atoms with Crippen LogP contribution in [-0.2, 0) is 54.6 Å². The molecule has 554 valence electrons. The first-order chi connectivity index (χ1) is 49.8. The molecule has 0 radical (unpaired) electrons. The highest BCUT2D eigenvalue weighted by atomic mass is 35.5. The third kappa shape index (κ3) is 19.0.